The number of aryl methyl sites for hydroxylation is 2. The van der Waals surface area contributed by atoms with E-state index in [9.17, 15) is 28.8 Å². The molecule has 262 valence electrons. The van der Waals surface area contributed by atoms with Gasteiger partial charge in [-0.1, -0.05) is 60.7 Å². The minimum atomic E-state index is -0.791. The van der Waals surface area contributed by atoms with Crippen LogP contribution in [0.15, 0.2) is 121 Å². The highest BCUT2D eigenvalue weighted by molar-refractivity contribution is 6.16. The second kappa shape index (κ2) is 13.3. The molecule has 0 radical (unpaired) electrons. The molecule has 0 bridgehead atoms. The molecule has 0 spiro atoms. The van der Waals surface area contributed by atoms with Crippen molar-refractivity contribution in [2.24, 2.45) is 0 Å². The standard InChI is InChI=1S/C44H26O10/c1-23-19-29(13-17-37(23)51-39(45)31-11-15-33-35(21-31)43(49)53-41(33)47)27-7-3-25(4-8-27)26-5-9-28(10-6-26)30-14-18-38(24(2)20-30)52-40(46)32-12-16-34-36(22-32)44(50)54-42(34)48/h3-22H,1-2H3. The molecule has 2 heterocycles. The predicted octanol–water partition coefficient (Wildman–Crippen LogP) is 8.36. The molecule has 0 fully saturated rings. The van der Waals surface area contributed by atoms with Gasteiger partial charge in [0.2, 0.25) is 0 Å². The van der Waals surface area contributed by atoms with Gasteiger partial charge in [-0.3, -0.25) is 0 Å². The number of fused-ring (bicyclic) bond motifs is 2. The zero-order valence-electron chi connectivity index (χ0n) is 28.6. The lowest BCUT2D eigenvalue weighted by Gasteiger charge is -2.11. The Morgan fingerprint density at radius 2 is 0.704 bits per heavy atom. The Kier molecular flexibility index (Phi) is 8.27. The van der Waals surface area contributed by atoms with Crippen LogP contribution in [-0.2, 0) is 9.47 Å². The monoisotopic (exact) mass is 714 g/mol. The lowest BCUT2D eigenvalue weighted by Crippen LogP contribution is -2.10. The van der Waals surface area contributed by atoms with Crippen molar-refractivity contribution in [3.63, 3.8) is 0 Å². The molecule has 6 aromatic carbocycles. The molecule has 8 rings (SSSR count). The van der Waals surface area contributed by atoms with Crippen molar-refractivity contribution in [3.8, 4) is 44.9 Å². The molecular formula is C44H26O10. The van der Waals surface area contributed by atoms with Crippen LogP contribution in [0.4, 0.5) is 0 Å². The molecule has 10 heteroatoms. The normalized spacial score (nSPS) is 12.9. The molecular weight excluding hydrogens is 688 g/mol. The summed E-state index contributed by atoms with van der Waals surface area (Å²) in [5.41, 5.74) is 7.92. The van der Waals surface area contributed by atoms with E-state index in [-0.39, 0.29) is 33.4 Å². The van der Waals surface area contributed by atoms with Gasteiger partial charge < -0.3 is 18.9 Å². The van der Waals surface area contributed by atoms with Crippen LogP contribution in [0.25, 0.3) is 33.4 Å². The molecule has 0 aliphatic carbocycles. The summed E-state index contributed by atoms with van der Waals surface area (Å²) < 4.78 is 20.4. The van der Waals surface area contributed by atoms with E-state index in [0.717, 1.165) is 44.5 Å². The van der Waals surface area contributed by atoms with E-state index in [0.29, 0.717) is 11.5 Å². The lowest BCUT2D eigenvalue weighted by molar-refractivity contribution is 0.0425. The summed E-state index contributed by atoms with van der Waals surface area (Å²) in [6, 6.07) is 35.4. The predicted molar refractivity (Wildman–Crippen MR) is 195 cm³/mol. The van der Waals surface area contributed by atoms with Gasteiger partial charge in [-0.25, -0.2) is 28.8 Å². The van der Waals surface area contributed by atoms with Crippen molar-refractivity contribution in [3.05, 3.63) is 166 Å². The molecule has 0 N–H and O–H groups in total. The molecule has 0 atom stereocenters. The molecule has 2 aliphatic heterocycles. The van der Waals surface area contributed by atoms with Gasteiger partial charge in [0.1, 0.15) is 11.5 Å². The number of cyclic esters (lactones) is 4. The van der Waals surface area contributed by atoms with Crippen molar-refractivity contribution in [1.29, 1.82) is 0 Å². The number of esters is 6. The van der Waals surface area contributed by atoms with Crippen LogP contribution in [0.5, 0.6) is 11.5 Å². The van der Waals surface area contributed by atoms with E-state index in [1.54, 1.807) is 12.1 Å². The Labute approximate surface area is 307 Å². The lowest BCUT2D eigenvalue weighted by atomic mass is 9.97. The first-order chi connectivity index (χ1) is 26.0. The SMILES string of the molecule is Cc1cc(-c2ccc(-c3ccc(-c4ccc(OC(=O)c5ccc6c(c5)C(=O)OC6=O)c(C)c4)cc3)cc2)ccc1OC(=O)c1ccc2c(c1)C(=O)OC2=O. The third-order valence-corrected chi connectivity index (χ3v) is 9.29. The average molecular weight is 715 g/mol. The molecule has 2 aliphatic rings. The fraction of sp³-hybridized carbons (Fsp3) is 0.0455. The van der Waals surface area contributed by atoms with E-state index in [2.05, 4.69) is 9.47 Å². The Morgan fingerprint density at radius 1 is 0.389 bits per heavy atom. The summed E-state index contributed by atoms with van der Waals surface area (Å²) in [4.78, 5) is 72.9. The van der Waals surface area contributed by atoms with Gasteiger partial charge in [0.25, 0.3) is 0 Å². The Morgan fingerprint density at radius 3 is 1.06 bits per heavy atom. The minimum absolute atomic E-state index is 0.0375. The molecule has 6 aromatic rings. The van der Waals surface area contributed by atoms with Gasteiger partial charge in [0.15, 0.2) is 0 Å². The molecule has 0 amide bonds. The summed E-state index contributed by atoms with van der Waals surface area (Å²) in [5.74, 6) is -3.64. The molecule has 0 aromatic heterocycles. The second-order valence-electron chi connectivity index (χ2n) is 12.8. The van der Waals surface area contributed by atoms with Crippen LogP contribution < -0.4 is 9.47 Å². The third kappa shape index (κ3) is 6.22. The van der Waals surface area contributed by atoms with Crippen LogP contribution in [0, 0.1) is 13.8 Å². The van der Waals surface area contributed by atoms with E-state index >= 15 is 0 Å². The number of benzene rings is 6. The van der Waals surface area contributed by atoms with Crippen LogP contribution in [0.1, 0.15) is 73.3 Å². The number of carbonyl (C=O) groups excluding carboxylic acids is 6. The Bertz CT molecular complexity index is 2430. The van der Waals surface area contributed by atoms with Crippen molar-refractivity contribution in [2.75, 3.05) is 0 Å². The number of ether oxygens (including phenoxy) is 4. The highest BCUT2D eigenvalue weighted by atomic mass is 16.6. The first-order valence-corrected chi connectivity index (χ1v) is 16.7. The second-order valence-corrected chi connectivity index (χ2v) is 12.8. The van der Waals surface area contributed by atoms with Gasteiger partial charge in [-0.05, 0) is 119 Å². The summed E-state index contributed by atoms with van der Waals surface area (Å²) in [7, 11) is 0. The van der Waals surface area contributed by atoms with Gasteiger partial charge in [0, 0.05) is 0 Å². The number of rotatable bonds is 7. The molecule has 54 heavy (non-hydrogen) atoms. The van der Waals surface area contributed by atoms with Gasteiger partial charge >= 0.3 is 35.8 Å². The molecule has 10 nitrogen and oxygen atoms in total. The van der Waals surface area contributed by atoms with E-state index < -0.39 is 35.8 Å². The fourth-order valence-electron chi connectivity index (χ4n) is 6.34. The van der Waals surface area contributed by atoms with Crippen LogP contribution in [-0.4, -0.2) is 35.8 Å². The zero-order chi connectivity index (χ0) is 37.7. The van der Waals surface area contributed by atoms with Crippen molar-refractivity contribution < 1.29 is 47.7 Å². The highest BCUT2D eigenvalue weighted by Crippen LogP contribution is 2.32. The van der Waals surface area contributed by atoms with Crippen LogP contribution in [0.2, 0.25) is 0 Å². The maximum absolute atomic E-state index is 12.8. The summed E-state index contributed by atoms with van der Waals surface area (Å²) in [6.45, 7) is 3.67. The summed E-state index contributed by atoms with van der Waals surface area (Å²) in [6.07, 6.45) is 0. The van der Waals surface area contributed by atoms with Gasteiger partial charge in [-0.2, -0.15) is 0 Å². The van der Waals surface area contributed by atoms with Crippen molar-refractivity contribution in [2.45, 2.75) is 13.8 Å². The summed E-state index contributed by atoms with van der Waals surface area (Å²) >= 11 is 0. The Hall–Kier alpha value is -7.46. The first-order valence-electron chi connectivity index (χ1n) is 16.7. The molecule has 0 saturated carbocycles. The van der Waals surface area contributed by atoms with Gasteiger partial charge in [0.05, 0.1) is 33.4 Å². The third-order valence-electron chi connectivity index (χ3n) is 9.29. The maximum Gasteiger partial charge on any atom is 0.346 e. The van der Waals surface area contributed by atoms with Crippen molar-refractivity contribution >= 4 is 35.8 Å². The molecule has 0 saturated heterocycles. The zero-order valence-corrected chi connectivity index (χ0v) is 28.6. The minimum Gasteiger partial charge on any atom is -0.423 e. The fourth-order valence-corrected chi connectivity index (χ4v) is 6.34. The number of hydrogen-bond donors (Lipinski definition) is 0. The molecule has 0 unspecified atom stereocenters. The van der Waals surface area contributed by atoms with Crippen LogP contribution in [0.3, 0.4) is 0 Å². The smallest absolute Gasteiger partial charge is 0.346 e. The van der Waals surface area contributed by atoms with E-state index in [4.69, 9.17) is 9.47 Å². The quantitative estimate of drug-likeness (QED) is 0.0900. The topological polar surface area (TPSA) is 139 Å². The number of hydrogen-bond acceptors (Lipinski definition) is 10. The van der Waals surface area contributed by atoms with Gasteiger partial charge in [-0.15, -0.1) is 0 Å². The first kappa shape index (κ1) is 33.7. The van der Waals surface area contributed by atoms with E-state index in [1.165, 1.54) is 36.4 Å². The van der Waals surface area contributed by atoms with Crippen molar-refractivity contribution in [1.82, 2.24) is 0 Å². The summed E-state index contributed by atoms with van der Waals surface area (Å²) in [5, 5.41) is 0. The van der Waals surface area contributed by atoms with Crippen LogP contribution >= 0.6 is 0 Å². The Balaban J connectivity index is 0.913. The highest BCUT2D eigenvalue weighted by Gasteiger charge is 2.32. The van der Waals surface area contributed by atoms with E-state index in [1.807, 2.05) is 86.6 Å². The number of carbonyl (C=O) groups is 6. The maximum atomic E-state index is 12.8. The average Bonchev–Trinajstić information content (AvgIpc) is 3.64. The largest absolute Gasteiger partial charge is 0.423 e.